The molecule has 0 aliphatic heterocycles. The predicted molar refractivity (Wildman–Crippen MR) is 84.5 cm³/mol. The van der Waals surface area contributed by atoms with Crippen LogP contribution in [0.25, 0.3) is 0 Å². The van der Waals surface area contributed by atoms with E-state index in [-0.39, 0.29) is 0 Å². The number of nitrogens with zero attached hydrogens (tertiary/aromatic N) is 1. The molecule has 0 heterocycles. The van der Waals surface area contributed by atoms with Crippen molar-refractivity contribution >= 4 is 40.6 Å². The summed E-state index contributed by atoms with van der Waals surface area (Å²) < 4.78 is 0. The van der Waals surface area contributed by atoms with E-state index in [1.165, 1.54) is 6.92 Å². The second kappa shape index (κ2) is 6.28. The van der Waals surface area contributed by atoms with Gasteiger partial charge in [-0.3, -0.25) is 4.79 Å². The van der Waals surface area contributed by atoms with Crippen molar-refractivity contribution < 1.29 is 9.59 Å². The van der Waals surface area contributed by atoms with Crippen molar-refractivity contribution in [2.24, 2.45) is 0 Å². The Labute approximate surface area is 127 Å². The monoisotopic (exact) mass is 303 g/mol. The summed E-state index contributed by atoms with van der Waals surface area (Å²) >= 11 is 5.98. The number of carbonyl (C=O) groups is 2. The van der Waals surface area contributed by atoms with Gasteiger partial charge in [-0.05, 0) is 36.4 Å². The first kappa shape index (κ1) is 14.9. The van der Waals surface area contributed by atoms with Crippen LogP contribution in [0.3, 0.4) is 0 Å². The molecule has 0 atom stereocenters. The van der Waals surface area contributed by atoms with E-state index in [1.54, 1.807) is 48.5 Å². The number of imide groups is 1. The lowest BCUT2D eigenvalue weighted by molar-refractivity contribution is -0.115. The van der Waals surface area contributed by atoms with E-state index in [2.05, 4.69) is 5.32 Å². The summed E-state index contributed by atoms with van der Waals surface area (Å²) in [6.45, 7) is 1.31. The highest BCUT2D eigenvalue weighted by atomic mass is 35.5. The molecule has 2 aromatic carbocycles. The summed E-state index contributed by atoms with van der Waals surface area (Å²) in [7, 11) is 0. The molecule has 21 heavy (non-hydrogen) atoms. The van der Waals surface area contributed by atoms with Gasteiger partial charge < -0.3 is 11.1 Å². The first-order chi connectivity index (χ1) is 9.99. The van der Waals surface area contributed by atoms with Crippen LogP contribution in [0.15, 0.2) is 48.5 Å². The molecule has 0 aliphatic rings. The van der Waals surface area contributed by atoms with Crippen molar-refractivity contribution in [2.45, 2.75) is 6.92 Å². The van der Waals surface area contributed by atoms with Gasteiger partial charge in [0.2, 0.25) is 5.91 Å². The Kier molecular flexibility index (Phi) is 4.45. The molecule has 0 spiro atoms. The minimum absolute atomic E-state index is 0.395. The van der Waals surface area contributed by atoms with Gasteiger partial charge in [-0.2, -0.15) is 0 Å². The molecule has 0 aliphatic carbocycles. The van der Waals surface area contributed by atoms with E-state index in [9.17, 15) is 9.59 Å². The van der Waals surface area contributed by atoms with Crippen molar-refractivity contribution in [3.63, 3.8) is 0 Å². The van der Waals surface area contributed by atoms with Crippen LogP contribution in [0, 0.1) is 0 Å². The zero-order chi connectivity index (χ0) is 15.4. The largest absolute Gasteiger partial charge is 0.399 e. The predicted octanol–water partition coefficient (Wildman–Crippen LogP) is 3.51. The van der Waals surface area contributed by atoms with E-state index in [0.717, 1.165) is 4.90 Å². The van der Waals surface area contributed by atoms with Gasteiger partial charge in [-0.25, -0.2) is 9.69 Å². The number of carbonyl (C=O) groups excluding carboxylic acids is 2. The van der Waals surface area contributed by atoms with Crippen LogP contribution in [0.4, 0.5) is 21.9 Å². The zero-order valence-corrected chi connectivity index (χ0v) is 12.1. The van der Waals surface area contributed by atoms with E-state index >= 15 is 0 Å². The maximum absolute atomic E-state index is 12.3. The maximum Gasteiger partial charge on any atom is 0.333 e. The quantitative estimate of drug-likeness (QED) is 0.834. The van der Waals surface area contributed by atoms with Crippen molar-refractivity contribution in [1.29, 1.82) is 0 Å². The second-order valence-corrected chi connectivity index (χ2v) is 4.76. The second-order valence-electron chi connectivity index (χ2n) is 4.36. The number of nitrogens with one attached hydrogen (secondary N) is 1. The Morgan fingerprint density at radius 1 is 1.10 bits per heavy atom. The normalized spacial score (nSPS) is 10.0. The lowest BCUT2D eigenvalue weighted by Crippen LogP contribution is -2.38. The number of nitrogen functional groups attached to an aromatic ring is 1. The van der Waals surface area contributed by atoms with Crippen molar-refractivity contribution in [3.8, 4) is 0 Å². The minimum Gasteiger partial charge on any atom is -0.399 e. The summed E-state index contributed by atoms with van der Waals surface area (Å²) in [4.78, 5) is 25.1. The van der Waals surface area contributed by atoms with E-state index in [4.69, 9.17) is 17.3 Å². The molecular formula is C15H14ClN3O2. The summed E-state index contributed by atoms with van der Waals surface area (Å²) in [5.74, 6) is -0.413. The van der Waals surface area contributed by atoms with Crippen LogP contribution in [0.5, 0.6) is 0 Å². The number of urea groups is 1. The number of hydrogen-bond acceptors (Lipinski definition) is 3. The van der Waals surface area contributed by atoms with Crippen molar-refractivity contribution in [1.82, 2.24) is 0 Å². The molecule has 0 saturated heterocycles. The Hall–Kier alpha value is -2.53. The molecule has 3 amide bonds. The molecule has 0 aromatic heterocycles. The van der Waals surface area contributed by atoms with Crippen LogP contribution in [0.1, 0.15) is 6.92 Å². The molecule has 5 nitrogen and oxygen atoms in total. The highest BCUT2D eigenvalue weighted by Crippen LogP contribution is 2.23. The van der Waals surface area contributed by atoms with Gasteiger partial charge in [-0.1, -0.05) is 23.7 Å². The number of amides is 3. The molecule has 0 bridgehead atoms. The van der Waals surface area contributed by atoms with Crippen LogP contribution in [-0.2, 0) is 4.79 Å². The molecule has 0 radical (unpaired) electrons. The van der Waals surface area contributed by atoms with Gasteiger partial charge in [0, 0.05) is 12.6 Å². The summed E-state index contributed by atoms with van der Waals surface area (Å²) in [5, 5.41) is 3.00. The van der Waals surface area contributed by atoms with Gasteiger partial charge >= 0.3 is 6.03 Å². The molecule has 0 saturated carbocycles. The van der Waals surface area contributed by atoms with Crippen LogP contribution < -0.4 is 16.0 Å². The Morgan fingerprint density at radius 2 is 1.71 bits per heavy atom. The average molecular weight is 304 g/mol. The van der Waals surface area contributed by atoms with Crippen molar-refractivity contribution in [2.75, 3.05) is 16.0 Å². The number of nitrogens with two attached hydrogens (primary N) is 1. The fourth-order valence-corrected chi connectivity index (χ4v) is 1.98. The van der Waals surface area contributed by atoms with E-state index < -0.39 is 11.9 Å². The van der Waals surface area contributed by atoms with Crippen LogP contribution in [-0.4, -0.2) is 11.9 Å². The summed E-state index contributed by atoms with van der Waals surface area (Å²) in [6.07, 6.45) is 0. The first-order valence-corrected chi connectivity index (χ1v) is 6.58. The van der Waals surface area contributed by atoms with Crippen LogP contribution >= 0.6 is 11.6 Å². The molecular weight excluding hydrogens is 290 g/mol. The highest BCUT2D eigenvalue weighted by molar-refractivity contribution is 6.34. The zero-order valence-electron chi connectivity index (χ0n) is 11.3. The SMILES string of the molecule is CC(=O)N(C(=O)Nc1ccccc1Cl)c1ccc(N)cc1. The van der Waals surface area contributed by atoms with Gasteiger partial charge in [0.25, 0.3) is 0 Å². The number of halogens is 1. The van der Waals surface area contributed by atoms with Gasteiger partial charge in [0.15, 0.2) is 0 Å². The topological polar surface area (TPSA) is 75.4 Å². The molecule has 2 aromatic rings. The minimum atomic E-state index is -0.583. The summed E-state index contributed by atoms with van der Waals surface area (Å²) in [6, 6.07) is 12.7. The van der Waals surface area contributed by atoms with Crippen molar-refractivity contribution in [3.05, 3.63) is 53.6 Å². The van der Waals surface area contributed by atoms with E-state index in [1.807, 2.05) is 0 Å². The Morgan fingerprint density at radius 3 is 2.29 bits per heavy atom. The van der Waals surface area contributed by atoms with Gasteiger partial charge in [0.05, 0.1) is 16.4 Å². The number of anilines is 3. The molecule has 0 unspecified atom stereocenters. The maximum atomic E-state index is 12.3. The molecule has 2 rings (SSSR count). The third-order valence-electron chi connectivity index (χ3n) is 2.78. The fourth-order valence-electron chi connectivity index (χ4n) is 1.80. The number of hydrogen-bond donors (Lipinski definition) is 2. The summed E-state index contributed by atoms with van der Waals surface area (Å²) in [5.41, 5.74) is 7.02. The molecule has 3 N–H and O–H groups in total. The third kappa shape index (κ3) is 3.52. The molecule has 0 fully saturated rings. The fraction of sp³-hybridized carbons (Fsp3) is 0.0667. The Bertz CT molecular complexity index is 671. The van der Waals surface area contributed by atoms with E-state index in [0.29, 0.717) is 22.1 Å². The lowest BCUT2D eigenvalue weighted by Gasteiger charge is -2.20. The molecule has 6 heteroatoms. The standard InChI is InChI=1S/C15H14ClN3O2/c1-10(20)19(12-8-6-11(17)7-9-12)15(21)18-14-5-3-2-4-13(14)16/h2-9H,17H2,1H3,(H,18,21). The smallest absolute Gasteiger partial charge is 0.333 e. The molecule has 108 valence electrons. The van der Waals surface area contributed by atoms with Crippen LogP contribution in [0.2, 0.25) is 5.02 Å². The number of benzene rings is 2. The average Bonchev–Trinajstić information content (AvgIpc) is 2.43. The Balaban J connectivity index is 2.26. The number of para-hydroxylation sites is 1. The third-order valence-corrected chi connectivity index (χ3v) is 3.11. The number of rotatable bonds is 2. The lowest BCUT2D eigenvalue weighted by atomic mass is 10.2. The van der Waals surface area contributed by atoms with Gasteiger partial charge in [-0.15, -0.1) is 0 Å². The van der Waals surface area contributed by atoms with Gasteiger partial charge in [0.1, 0.15) is 0 Å². The first-order valence-electron chi connectivity index (χ1n) is 6.21. The highest BCUT2D eigenvalue weighted by Gasteiger charge is 2.20.